The topological polar surface area (TPSA) is 89.9 Å². The summed E-state index contributed by atoms with van der Waals surface area (Å²) in [6, 6.07) is 10.4. The van der Waals surface area contributed by atoms with Gasteiger partial charge < -0.3 is 10.6 Å². The number of carbonyl (C=O) groups is 1. The van der Waals surface area contributed by atoms with Crippen LogP contribution in [-0.2, 0) is 22.2 Å². The molecule has 7 nitrogen and oxygen atoms in total. The van der Waals surface area contributed by atoms with Crippen LogP contribution in [0.1, 0.15) is 45.0 Å². The molecule has 0 saturated carbocycles. The molecule has 2 aromatic rings. The lowest BCUT2D eigenvalue weighted by atomic mass is 9.73. The van der Waals surface area contributed by atoms with Gasteiger partial charge in [0.2, 0.25) is 5.91 Å². The van der Waals surface area contributed by atoms with E-state index in [0.29, 0.717) is 25.5 Å². The Balaban J connectivity index is 0.00000261. The van der Waals surface area contributed by atoms with E-state index in [-0.39, 0.29) is 35.7 Å². The van der Waals surface area contributed by atoms with Crippen LogP contribution >= 0.6 is 12.4 Å². The number of amides is 1. The number of hydrogen-bond acceptors (Lipinski definition) is 5. The molecule has 1 amide bonds. The van der Waals surface area contributed by atoms with Crippen LogP contribution in [0.3, 0.4) is 0 Å². The Bertz CT molecular complexity index is 747. The number of piperidine rings is 1. The van der Waals surface area contributed by atoms with E-state index in [1.54, 1.807) is 0 Å². The zero-order chi connectivity index (χ0) is 18.8. The van der Waals surface area contributed by atoms with E-state index in [9.17, 15) is 4.79 Å². The fraction of sp³-hybridized carbons (Fsp3) is 0.579. The van der Waals surface area contributed by atoms with Gasteiger partial charge in [0.1, 0.15) is 6.54 Å². The van der Waals surface area contributed by atoms with Crippen molar-refractivity contribution in [3.63, 3.8) is 0 Å². The molecule has 0 radical (unpaired) electrons. The highest BCUT2D eigenvalue weighted by Gasteiger charge is 2.36. The van der Waals surface area contributed by atoms with E-state index < -0.39 is 0 Å². The van der Waals surface area contributed by atoms with E-state index in [1.807, 2.05) is 43.9 Å². The lowest BCUT2D eigenvalue weighted by Gasteiger charge is -2.41. The molecule has 148 valence electrons. The maximum absolute atomic E-state index is 12.6. The summed E-state index contributed by atoms with van der Waals surface area (Å²) >= 11 is 0. The summed E-state index contributed by atoms with van der Waals surface area (Å²) in [4.78, 5) is 15.9. The van der Waals surface area contributed by atoms with Gasteiger partial charge in [-0.3, -0.25) is 4.79 Å². The summed E-state index contributed by atoms with van der Waals surface area (Å²) in [6.07, 6.45) is 1.74. The van der Waals surface area contributed by atoms with E-state index in [4.69, 9.17) is 5.73 Å². The van der Waals surface area contributed by atoms with Crippen LogP contribution in [0, 0.1) is 0 Å². The molecule has 1 aromatic heterocycles. The minimum absolute atomic E-state index is 0. The van der Waals surface area contributed by atoms with E-state index in [2.05, 4.69) is 27.5 Å². The summed E-state index contributed by atoms with van der Waals surface area (Å²) in [5, 5.41) is 12.4. The van der Waals surface area contributed by atoms with E-state index in [0.717, 1.165) is 12.8 Å². The normalized spacial score (nSPS) is 16.7. The third-order valence-electron chi connectivity index (χ3n) is 5.25. The van der Waals surface area contributed by atoms with Crippen LogP contribution < -0.4 is 5.73 Å². The molecule has 2 N–H and O–H groups in total. The molecule has 1 fully saturated rings. The summed E-state index contributed by atoms with van der Waals surface area (Å²) in [5.74, 6) is 0.678. The second-order valence-corrected chi connectivity index (χ2v) is 8.12. The molecule has 8 heteroatoms. The molecule has 1 aliphatic heterocycles. The van der Waals surface area contributed by atoms with Crippen LogP contribution in [-0.4, -0.2) is 50.6 Å². The smallest absolute Gasteiger partial charge is 0.246 e. The number of carbonyl (C=O) groups excluding carboxylic acids is 1. The molecule has 0 spiro atoms. The van der Waals surface area contributed by atoms with Crippen LogP contribution in [0.15, 0.2) is 30.3 Å². The second-order valence-electron chi connectivity index (χ2n) is 8.12. The first-order valence-corrected chi connectivity index (χ1v) is 9.16. The molecule has 3 rings (SSSR count). The number of halogens is 1. The number of nitrogens with two attached hydrogens (primary N) is 1. The molecule has 0 atom stereocenters. The molecule has 0 unspecified atom stereocenters. The number of nitrogens with zero attached hydrogens (tertiary/aromatic N) is 5. The van der Waals surface area contributed by atoms with Gasteiger partial charge in [0.25, 0.3) is 0 Å². The minimum Gasteiger partial charge on any atom is -0.341 e. The van der Waals surface area contributed by atoms with Crippen molar-refractivity contribution >= 4 is 18.3 Å². The van der Waals surface area contributed by atoms with E-state index >= 15 is 0 Å². The number of likely N-dealkylation sites (tertiary alicyclic amines) is 1. The van der Waals surface area contributed by atoms with Crippen molar-refractivity contribution in [3.8, 4) is 0 Å². The highest BCUT2D eigenvalue weighted by molar-refractivity contribution is 5.85. The molecule has 27 heavy (non-hydrogen) atoms. The minimum atomic E-state index is -0.178. The van der Waals surface area contributed by atoms with Gasteiger partial charge in [-0.2, -0.15) is 4.80 Å². The second kappa shape index (κ2) is 8.35. The maximum atomic E-state index is 12.6. The van der Waals surface area contributed by atoms with Crippen LogP contribution in [0.5, 0.6) is 0 Å². The third kappa shape index (κ3) is 4.65. The first kappa shape index (κ1) is 21.3. The van der Waals surface area contributed by atoms with Crippen LogP contribution in [0.2, 0.25) is 0 Å². The third-order valence-corrected chi connectivity index (χ3v) is 5.25. The lowest BCUT2D eigenvalue weighted by molar-refractivity contribution is -0.133. The molecule has 2 heterocycles. The lowest BCUT2D eigenvalue weighted by Crippen LogP contribution is -2.49. The molecular weight excluding hydrogens is 364 g/mol. The van der Waals surface area contributed by atoms with Crippen molar-refractivity contribution in [1.29, 1.82) is 0 Å². The number of benzene rings is 1. The highest BCUT2D eigenvalue weighted by atomic mass is 35.5. The van der Waals surface area contributed by atoms with Crippen molar-refractivity contribution < 1.29 is 4.79 Å². The standard InChI is InChI=1S/C19H28N6O.ClH/c1-18(2,3)17-21-23-25(22-17)13-16(26)24-11-9-19(14-20,10-12-24)15-7-5-4-6-8-15;/h4-8H,9-14,20H2,1-3H3;1H. The SMILES string of the molecule is CC(C)(C)c1nnn(CC(=O)N2CCC(CN)(c3ccccc3)CC2)n1.Cl. The van der Waals surface area contributed by atoms with Crippen molar-refractivity contribution in [1.82, 2.24) is 25.1 Å². The molecule has 1 aromatic carbocycles. The fourth-order valence-corrected chi connectivity index (χ4v) is 3.42. The largest absolute Gasteiger partial charge is 0.341 e. The van der Waals surface area contributed by atoms with Gasteiger partial charge in [-0.15, -0.1) is 22.6 Å². The van der Waals surface area contributed by atoms with Gasteiger partial charge in [0.05, 0.1) is 0 Å². The zero-order valence-electron chi connectivity index (χ0n) is 16.3. The summed E-state index contributed by atoms with van der Waals surface area (Å²) in [7, 11) is 0. The van der Waals surface area contributed by atoms with Gasteiger partial charge in [0.15, 0.2) is 5.82 Å². The van der Waals surface area contributed by atoms with Crippen molar-refractivity contribution in [3.05, 3.63) is 41.7 Å². The predicted molar refractivity (Wildman–Crippen MR) is 107 cm³/mol. The Morgan fingerprint density at radius 1 is 1.19 bits per heavy atom. The Morgan fingerprint density at radius 3 is 2.33 bits per heavy atom. The maximum Gasteiger partial charge on any atom is 0.246 e. The first-order chi connectivity index (χ1) is 12.3. The van der Waals surface area contributed by atoms with Crippen LogP contribution in [0.4, 0.5) is 0 Å². The van der Waals surface area contributed by atoms with Crippen molar-refractivity contribution in [2.75, 3.05) is 19.6 Å². The highest BCUT2D eigenvalue weighted by Crippen LogP contribution is 2.34. The van der Waals surface area contributed by atoms with Crippen LogP contribution in [0.25, 0.3) is 0 Å². The molecule has 0 bridgehead atoms. The average molecular weight is 393 g/mol. The Labute approximate surface area is 166 Å². The summed E-state index contributed by atoms with van der Waals surface area (Å²) in [6.45, 7) is 8.20. The predicted octanol–water partition coefficient (Wildman–Crippen LogP) is 1.91. The Kier molecular flexibility index (Phi) is 6.59. The molecule has 1 saturated heterocycles. The Morgan fingerprint density at radius 2 is 1.81 bits per heavy atom. The molecular formula is C19H29ClN6O. The monoisotopic (exact) mass is 392 g/mol. The van der Waals surface area contributed by atoms with Gasteiger partial charge in [-0.1, -0.05) is 51.1 Å². The fourth-order valence-electron chi connectivity index (χ4n) is 3.42. The van der Waals surface area contributed by atoms with Gasteiger partial charge >= 0.3 is 0 Å². The average Bonchev–Trinajstić information content (AvgIpc) is 3.11. The van der Waals surface area contributed by atoms with Gasteiger partial charge in [-0.25, -0.2) is 0 Å². The number of aromatic nitrogens is 4. The first-order valence-electron chi connectivity index (χ1n) is 9.16. The zero-order valence-corrected chi connectivity index (χ0v) is 17.1. The van der Waals surface area contributed by atoms with Crippen molar-refractivity contribution in [2.24, 2.45) is 5.73 Å². The summed E-state index contributed by atoms with van der Waals surface area (Å²) < 4.78 is 0. The van der Waals surface area contributed by atoms with Gasteiger partial charge in [-0.05, 0) is 23.6 Å². The number of tetrazole rings is 1. The molecule has 1 aliphatic rings. The van der Waals surface area contributed by atoms with E-state index in [1.165, 1.54) is 10.4 Å². The van der Waals surface area contributed by atoms with Gasteiger partial charge in [0, 0.05) is 30.5 Å². The molecule has 0 aliphatic carbocycles. The quantitative estimate of drug-likeness (QED) is 0.858. The summed E-state index contributed by atoms with van der Waals surface area (Å²) in [5.41, 5.74) is 7.17. The number of rotatable bonds is 4. The Hall–Kier alpha value is -1.99. The van der Waals surface area contributed by atoms with Crippen molar-refractivity contribution in [2.45, 2.75) is 51.0 Å². The number of hydrogen-bond donors (Lipinski definition) is 1.